The van der Waals surface area contributed by atoms with Gasteiger partial charge in [0.15, 0.2) is 0 Å². The van der Waals surface area contributed by atoms with E-state index in [1.807, 2.05) is 43.3 Å². The van der Waals surface area contributed by atoms with Crippen molar-refractivity contribution in [1.82, 2.24) is 10.3 Å². The molecular formula is C24H25N3O2. The Bertz CT molecular complexity index is 1060. The number of benzene rings is 2. The molecule has 1 aliphatic heterocycles. The highest BCUT2D eigenvalue weighted by Crippen LogP contribution is 2.20. The van der Waals surface area contributed by atoms with Gasteiger partial charge in [-0.25, -0.2) is 0 Å². The van der Waals surface area contributed by atoms with Crippen LogP contribution in [0.2, 0.25) is 0 Å². The van der Waals surface area contributed by atoms with Gasteiger partial charge in [-0.15, -0.1) is 0 Å². The molecule has 5 nitrogen and oxygen atoms in total. The minimum atomic E-state index is -0.383. The van der Waals surface area contributed by atoms with Gasteiger partial charge in [-0.1, -0.05) is 35.9 Å². The van der Waals surface area contributed by atoms with Crippen molar-refractivity contribution in [2.24, 2.45) is 0 Å². The predicted octanol–water partition coefficient (Wildman–Crippen LogP) is 3.88. The number of H-pyrrole nitrogens is 1. The summed E-state index contributed by atoms with van der Waals surface area (Å²) in [5, 5.41) is 2.84. The molecule has 148 valence electrons. The highest BCUT2D eigenvalue weighted by molar-refractivity contribution is 5.94. The van der Waals surface area contributed by atoms with E-state index in [9.17, 15) is 9.59 Å². The van der Waals surface area contributed by atoms with Gasteiger partial charge in [0.05, 0.1) is 0 Å². The molecule has 2 N–H and O–H groups in total. The van der Waals surface area contributed by atoms with Crippen LogP contribution in [0, 0.1) is 6.92 Å². The van der Waals surface area contributed by atoms with Crippen LogP contribution in [0.1, 0.15) is 34.3 Å². The van der Waals surface area contributed by atoms with E-state index >= 15 is 0 Å². The van der Waals surface area contributed by atoms with E-state index in [1.54, 1.807) is 12.1 Å². The van der Waals surface area contributed by atoms with Gasteiger partial charge in [-0.3, -0.25) is 9.59 Å². The van der Waals surface area contributed by atoms with E-state index in [2.05, 4.69) is 27.3 Å². The third kappa shape index (κ3) is 4.40. The number of hydrogen-bond acceptors (Lipinski definition) is 3. The molecular weight excluding hydrogens is 362 g/mol. The van der Waals surface area contributed by atoms with E-state index in [0.717, 1.165) is 29.8 Å². The van der Waals surface area contributed by atoms with Crippen LogP contribution in [0.25, 0.3) is 11.3 Å². The Hall–Kier alpha value is -3.34. The molecule has 0 radical (unpaired) electrons. The van der Waals surface area contributed by atoms with Crippen LogP contribution >= 0.6 is 0 Å². The van der Waals surface area contributed by atoms with E-state index in [4.69, 9.17) is 0 Å². The quantitative estimate of drug-likeness (QED) is 0.698. The number of carbonyl (C=O) groups is 1. The van der Waals surface area contributed by atoms with E-state index in [1.165, 1.54) is 18.5 Å². The van der Waals surface area contributed by atoms with Crippen LogP contribution < -0.4 is 15.8 Å². The van der Waals surface area contributed by atoms with Crippen molar-refractivity contribution in [2.75, 3.05) is 18.0 Å². The van der Waals surface area contributed by atoms with Crippen molar-refractivity contribution < 1.29 is 4.79 Å². The summed E-state index contributed by atoms with van der Waals surface area (Å²) < 4.78 is 0. The molecule has 1 saturated heterocycles. The fourth-order valence-corrected chi connectivity index (χ4v) is 3.71. The molecule has 1 fully saturated rings. The van der Waals surface area contributed by atoms with Gasteiger partial charge in [0.2, 0.25) is 0 Å². The van der Waals surface area contributed by atoms with Gasteiger partial charge in [0, 0.05) is 31.0 Å². The minimum absolute atomic E-state index is 0.120. The number of anilines is 1. The molecule has 0 spiro atoms. The normalized spacial score (nSPS) is 13.5. The summed E-state index contributed by atoms with van der Waals surface area (Å²) in [5.41, 5.74) is 4.71. The third-order valence-electron chi connectivity index (χ3n) is 5.34. The number of carbonyl (C=O) groups excluding carboxylic acids is 1. The number of nitrogens with zero attached hydrogens (tertiary/aromatic N) is 1. The van der Waals surface area contributed by atoms with Crippen molar-refractivity contribution in [1.29, 1.82) is 0 Å². The number of aryl methyl sites for hydroxylation is 1. The average Bonchev–Trinajstić information content (AvgIpc) is 3.27. The van der Waals surface area contributed by atoms with Gasteiger partial charge in [0.25, 0.3) is 11.5 Å². The second kappa shape index (κ2) is 8.35. The molecule has 1 amide bonds. The predicted molar refractivity (Wildman–Crippen MR) is 116 cm³/mol. The summed E-state index contributed by atoms with van der Waals surface area (Å²) in [6.45, 7) is 4.61. The number of aromatic nitrogens is 1. The van der Waals surface area contributed by atoms with Crippen molar-refractivity contribution in [2.45, 2.75) is 26.3 Å². The van der Waals surface area contributed by atoms with E-state index in [-0.39, 0.29) is 17.0 Å². The maximum atomic E-state index is 12.5. The SMILES string of the molecule is Cc1cccc(-c2ccc(C(=O)NCc3ccc(N4CCCC4)cc3)c(=O)[nH]2)c1. The van der Waals surface area contributed by atoms with Gasteiger partial charge in [-0.05, 0) is 61.2 Å². The Morgan fingerprint density at radius 3 is 2.48 bits per heavy atom. The highest BCUT2D eigenvalue weighted by Gasteiger charge is 2.13. The van der Waals surface area contributed by atoms with E-state index in [0.29, 0.717) is 12.2 Å². The van der Waals surface area contributed by atoms with Crippen molar-refractivity contribution >= 4 is 11.6 Å². The first-order chi connectivity index (χ1) is 14.1. The van der Waals surface area contributed by atoms with Gasteiger partial charge < -0.3 is 15.2 Å². The second-order valence-corrected chi connectivity index (χ2v) is 7.53. The summed E-state index contributed by atoms with van der Waals surface area (Å²) in [4.78, 5) is 30.1. The molecule has 3 aromatic rings. The molecule has 2 heterocycles. The van der Waals surface area contributed by atoms with Crippen LogP contribution in [0.3, 0.4) is 0 Å². The Labute approximate surface area is 170 Å². The topological polar surface area (TPSA) is 65.2 Å². The van der Waals surface area contributed by atoms with Crippen LogP contribution in [0.5, 0.6) is 0 Å². The number of aromatic amines is 1. The molecule has 1 aliphatic rings. The lowest BCUT2D eigenvalue weighted by molar-refractivity contribution is 0.0949. The minimum Gasteiger partial charge on any atom is -0.372 e. The lowest BCUT2D eigenvalue weighted by atomic mass is 10.1. The maximum Gasteiger partial charge on any atom is 0.261 e. The molecule has 0 aliphatic carbocycles. The second-order valence-electron chi connectivity index (χ2n) is 7.53. The molecule has 5 heteroatoms. The smallest absolute Gasteiger partial charge is 0.261 e. The van der Waals surface area contributed by atoms with Crippen molar-refractivity contribution in [3.8, 4) is 11.3 Å². The fourth-order valence-electron chi connectivity index (χ4n) is 3.71. The van der Waals surface area contributed by atoms with E-state index < -0.39 is 0 Å². The largest absolute Gasteiger partial charge is 0.372 e. The van der Waals surface area contributed by atoms with Crippen molar-refractivity contribution in [3.05, 3.63) is 87.7 Å². The maximum absolute atomic E-state index is 12.5. The van der Waals surface area contributed by atoms with Gasteiger partial charge >= 0.3 is 0 Å². The Kier molecular flexibility index (Phi) is 5.47. The summed E-state index contributed by atoms with van der Waals surface area (Å²) in [6, 6.07) is 19.5. The number of amides is 1. The van der Waals surface area contributed by atoms with Crippen LogP contribution in [0.4, 0.5) is 5.69 Å². The zero-order valence-electron chi connectivity index (χ0n) is 16.6. The lowest BCUT2D eigenvalue weighted by Crippen LogP contribution is -2.29. The van der Waals surface area contributed by atoms with Crippen LogP contribution in [-0.4, -0.2) is 24.0 Å². The summed E-state index contributed by atoms with van der Waals surface area (Å²) in [6.07, 6.45) is 2.49. The van der Waals surface area contributed by atoms with Gasteiger partial charge in [0.1, 0.15) is 5.56 Å². The van der Waals surface area contributed by atoms with Crippen molar-refractivity contribution in [3.63, 3.8) is 0 Å². The molecule has 0 atom stereocenters. The highest BCUT2D eigenvalue weighted by atomic mass is 16.2. The zero-order chi connectivity index (χ0) is 20.2. The Morgan fingerprint density at radius 1 is 1.03 bits per heavy atom. The molecule has 0 unspecified atom stereocenters. The average molecular weight is 387 g/mol. The summed E-state index contributed by atoms with van der Waals surface area (Å²) in [5.74, 6) is -0.370. The molecule has 0 saturated carbocycles. The Balaban J connectivity index is 1.41. The number of rotatable bonds is 5. The number of hydrogen-bond donors (Lipinski definition) is 2. The molecule has 4 rings (SSSR count). The first kappa shape index (κ1) is 19.0. The molecule has 0 bridgehead atoms. The molecule has 2 aromatic carbocycles. The van der Waals surface area contributed by atoms with Crippen LogP contribution in [-0.2, 0) is 6.54 Å². The lowest BCUT2D eigenvalue weighted by Gasteiger charge is -2.17. The first-order valence-electron chi connectivity index (χ1n) is 10.0. The Morgan fingerprint density at radius 2 is 1.79 bits per heavy atom. The zero-order valence-corrected chi connectivity index (χ0v) is 16.6. The van der Waals surface area contributed by atoms with Gasteiger partial charge in [-0.2, -0.15) is 0 Å². The monoisotopic (exact) mass is 387 g/mol. The summed E-state index contributed by atoms with van der Waals surface area (Å²) in [7, 11) is 0. The molecule has 1 aromatic heterocycles. The van der Waals surface area contributed by atoms with Crippen LogP contribution in [0.15, 0.2) is 65.5 Å². The molecule has 29 heavy (non-hydrogen) atoms. The summed E-state index contributed by atoms with van der Waals surface area (Å²) >= 11 is 0. The fraction of sp³-hybridized carbons (Fsp3) is 0.250. The first-order valence-corrected chi connectivity index (χ1v) is 10.0. The standard InChI is InChI=1S/C24H25N3O2/c1-17-5-4-6-19(15-17)22-12-11-21(24(29)26-22)23(28)25-16-18-7-9-20(10-8-18)27-13-2-3-14-27/h4-12,15H,2-3,13-14,16H2,1H3,(H,25,28)(H,26,29). The number of nitrogens with one attached hydrogen (secondary N) is 2. The third-order valence-corrected chi connectivity index (χ3v) is 5.34. The number of pyridine rings is 1.